The molecule has 2 aromatic rings. The smallest absolute Gasteiger partial charge is 0.256 e. The molecule has 23 heavy (non-hydrogen) atoms. The van der Waals surface area contributed by atoms with Crippen LogP contribution in [0, 0.1) is 3.57 Å². The van der Waals surface area contributed by atoms with Crippen LogP contribution in [0.15, 0.2) is 30.3 Å². The highest BCUT2D eigenvalue weighted by atomic mass is 127. The lowest BCUT2D eigenvalue weighted by Crippen LogP contribution is -2.15. The molecule has 3 rings (SSSR count). The van der Waals surface area contributed by atoms with Crippen molar-refractivity contribution in [2.75, 3.05) is 12.1 Å². The summed E-state index contributed by atoms with van der Waals surface area (Å²) < 4.78 is 11.3. The Labute approximate surface area is 151 Å². The summed E-state index contributed by atoms with van der Waals surface area (Å²) >= 11 is 7.94. The first-order valence-electron chi connectivity index (χ1n) is 6.66. The third-order valence-electron chi connectivity index (χ3n) is 3.32. The Bertz CT molecular complexity index is 822. The van der Waals surface area contributed by atoms with Gasteiger partial charge in [0.05, 0.1) is 11.3 Å². The van der Waals surface area contributed by atoms with Crippen LogP contribution in [-0.4, -0.2) is 18.5 Å². The van der Waals surface area contributed by atoms with Crippen molar-refractivity contribution < 1.29 is 19.1 Å². The van der Waals surface area contributed by atoms with E-state index in [-0.39, 0.29) is 18.5 Å². The molecule has 118 valence electrons. The van der Waals surface area contributed by atoms with Gasteiger partial charge in [-0.15, -0.1) is 0 Å². The van der Waals surface area contributed by atoms with Gasteiger partial charge < -0.3 is 14.8 Å². The van der Waals surface area contributed by atoms with Gasteiger partial charge in [-0.1, -0.05) is 11.6 Å². The van der Waals surface area contributed by atoms with Crippen molar-refractivity contribution in [1.29, 1.82) is 0 Å². The largest absolute Gasteiger partial charge is 0.454 e. The quantitative estimate of drug-likeness (QED) is 0.572. The Morgan fingerprint density at radius 1 is 1.13 bits per heavy atom. The number of hydrogen-bond acceptors (Lipinski definition) is 4. The summed E-state index contributed by atoms with van der Waals surface area (Å²) in [6.45, 7) is 1.53. The van der Waals surface area contributed by atoms with E-state index in [1.54, 1.807) is 30.3 Å². The Morgan fingerprint density at radius 2 is 1.83 bits per heavy atom. The highest BCUT2D eigenvalue weighted by Gasteiger charge is 2.21. The van der Waals surface area contributed by atoms with Crippen LogP contribution in [0.3, 0.4) is 0 Å². The van der Waals surface area contributed by atoms with E-state index in [0.717, 1.165) is 3.57 Å². The molecular formula is C16H11ClINO4. The van der Waals surface area contributed by atoms with Crippen LogP contribution in [0.2, 0.25) is 5.02 Å². The molecule has 5 nitrogen and oxygen atoms in total. The number of fused-ring (bicyclic) bond motifs is 1. The van der Waals surface area contributed by atoms with Crippen molar-refractivity contribution in [2.45, 2.75) is 6.92 Å². The van der Waals surface area contributed by atoms with Gasteiger partial charge in [0.2, 0.25) is 6.79 Å². The Kier molecular flexibility index (Phi) is 4.45. The Hall–Kier alpha value is -1.80. The molecule has 1 aliphatic rings. The average Bonchev–Trinajstić information content (AvgIpc) is 2.93. The predicted molar refractivity (Wildman–Crippen MR) is 94.7 cm³/mol. The topological polar surface area (TPSA) is 64.6 Å². The minimum absolute atomic E-state index is 0.0964. The van der Waals surface area contributed by atoms with Crippen LogP contribution in [0.1, 0.15) is 27.6 Å². The second kappa shape index (κ2) is 6.37. The number of halogens is 2. The second-order valence-corrected chi connectivity index (χ2v) is 6.48. The van der Waals surface area contributed by atoms with Crippen molar-refractivity contribution in [3.05, 3.63) is 50.1 Å². The van der Waals surface area contributed by atoms with E-state index in [9.17, 15) is 9.59 Å². The molecule has 0 atom stereocenters. The molecule has 0 fully saturated rings. The van der Waals surface area contributed by atoms with Crippen molar-refractivity contribution in [3.8, 4) is 11.5 Å². The van der Waals surface area contributed by atoms with Crippen LogP contribution < -0.4 is 14.8 Å². The lowest BCUT2D eigenvalue weighted by molar-refractivity contribution is 0.101. The van der Waals surface area contributed by atoms with Gasteiger partial charge in [-0.3, -0.25) is 9.59 Å². The zero-order chi connectivity index (χ0) is 16.6. The Morgan fingerprint density at radius 3 is 2.48 bits per heavy atom. The van der Waals surface area contributed by atoms with Gasteiger partial charge in [0.15, 0.2) is 17.3 Å². The first-order valence-corrected chi connectivity index (χ1v) is 8.12. The van der Waals surface area contributed by atoms with Crippen LogP contribution in [0.25, 0.3) is 0 Å². The number of anilines is 1. The van der Waals surface area contributed by atoms with E-state index in [2.05, 4.69) is 5.32 Å². The number of Topliss-reactive ketones (excluding diaryl/α,β-unsaturated/α-hetero) is 1. The molecule has 7 heteroatoms. The molecule has 1 heterocycles. The van der Waals surface area contributed by atoms with Gasteiger partial charge in [-0.2, -0.15) is 0 Å². The predicted octanol–water partition coefficient (Wildman–Crippen LogP) is 4.13. The van der Waals surface area contributed by atoms with Crippen LogP contribution in [0.5, 0.6) is 11.5 Å². The van der Waals surface area contributed by atoms with E-state index in [0.29, 0.717) is 33.3 Å². The number of rotatable bonds is 3. The molecule has 0 saturated heterocycles. The fraction of sp³-hybridized carbons (Fsp3) is 0.125. The zero-order valence-corrected chi connectivity index (χ0v) is 14.9. The molecule has 0 aliphatic carbocycles. The molecular weight excluding hydrogens is 433 g/mol. The molecule has 2 aromatic carbocycles. The summed E-state index contributed by atoms with van der Waals surface area (Å²) in [5.74, 6) is 0.488. The zero-order valence-electron chi connectivity index (χ0n) is 12.0. The second-order valence-electron chi connectivity index (χ2n) is 4.89. The molecule has 0 saturated carbocycles. The molecule has 1 N–H and O–H groups in total. The van der Waals surface area contributed by atoms with Crippen molar-refractivity contribution in [2.24, 2.45) is 0 Å². The first-order chi connectivity index (χ1) is 11.0. The maximum absolute atomic E-state index is 12.5. The van der Waals surface area contributed by atoms with E-state index < -0.39 is 0 Å². The van der Waals surface area contributed by atoms with Gasteiger partial charge in [-0.05, 0) is 53.8 Å². The van der Waals surface area contributed by atoms with Crippen molar-refractivity contribution in [1.82, 2.24) is 0 Å². The molecule has 0 radical (unpaired) electrons. The lowest BCUT2D eigenvalue weighted by atomic mass is 10.1. The van der Waals surface area contributed by atoms with Gasteiger partial charge in [0.25, 0.3) is 5.91 Å². The molecule has 1 amide bonds. The monoisotopic (exact) mass is 443 g/mol. The first kappa shape index (κ1) is 16.1. The molecule has 0 bridgehead atoms. The fourth-order valence-electron chi connectivity index (χ4n) is 2.20. The number of carbonyl (C=O) groups is 2. The lowest BCUT2D eigenvalue weighted by Gasteiger charge is -2.11. The van der Waals surface area contributed by atoms with E-state index in [4.69, 9.17) is 21.1 Å². The highest BCUT2D eigenvalue weighted by molar-refractivity contribution is 14.1. The van der Waals surface area contributed by atoms with Gasteiger partial charge >= 0.3 is 0 Å². The third-order valence-corrected chi connectivity index (χ3v) is 4.44. The number of ketones is 1. The van der Waals surface area contributed by atoms with E-state index >= 15 is 0 Å². The number of benzene rings is 2. The van der Waals surface area contributed by atoms with Crippen LogP contribution in [0.4, 0.5) is 5.69 Å². The minimum atomic E-state index is -0.326. The summed E-state index contributed by atoms with van der Waals surface area (Å²) in [6.07, 6.45) is 0. The summed E-state index contributed by atoms with van der Waals surface area (Å²) in [6, 6.07) is 8.15. The maximum Gasteiger partial charge on any atom is 0.256 e. The van der Waals surface area contributed by atoms with Crippen LogP contribution >= 0.6 is 34.2 Å². The van der Waals surface area contributed by atoms with E-state index in [1.165, 1.54) is 6.92 Å². The number of ether oxygens (including phenoxy) is 2. The summed E-state index contributed by atoms with van der Waals surface area (Å²) in [7, 11) is 0. The number of amides is 1. The third kappa shape index (κ3) is 3.28. The van der Waals surface area contributed by atoms with Crippen LogP contribution in [-0.2, 0) is 0 Å². The molecule has 1 aliphatic heterocycles. The number of hydrogen-bond donors (Lipinski definition) is 1. The normalized spacial score (nSPS) is 12.1. The fourth-order valence-corrected chi connectivity index (χ4v) is 3.32. The van der Waals surface area contributed by atoms with Gasteiger partial charge in [0, 0.05) is 20.2 Å². The summed E-state index contributed by atoms with van der Waals surface area (Å²) in [4.78, 5) is 24.3. The average molecular weight is 444 g/mol. The summed E-state index contributed by atoms with van der Waals surface area (Å²) in [5, 5.41) is 3.31. The Balaban J connectivity index is 1.96. The van der Waals surface area contributed by atoms with Gasteiger partial charge in [0.1, 0.15) is 0 Å². The highest BCUT2D eigenvalue weighted by Crippen LogP contribution is 2.37. The maximum atomic E-state index is 12.5. The van der Waals surface area contributed by atoms with Crippen molar-refractivity contribution >= 4 is 51.6 Å². The number of carbonyl (C=O) groups excluding carboxylic acids is 2. The van der Waals surface area contributed by atoms with Gasteiger partial charge in [-0.25, -0.2) is 0 Å². The molecule has 0 unspecified atom stereocenters. The van der Waals surface area contributed by atoms with Crippen molar-refractivity contribution in [3.63, 3.8) is 0 Å². The SMILES string of the molecule is CC(=O)c1cc2c(cc1NC(=O)c1ccc(Cl)cc1I)OCO2. The van der Waals surface area contributed by atoms with E-state index in [1.807, 2.05) is 22.6 Å². The summed E-state index contributed by atoms with van der Waals surface area (Å²) in [5.41, 5.74) is 1.23. The number of nitrogens with one attached hydrogen (secondary N) is 1. The molecule has 0 spiro atoms. The minimum Gasteiger partial charge on any atom is -0.454 e. The standard InChI is InChI=1S/C16H11ClINO4/c1-8(20)11-5-14-15(23-7-22-14)6-13(11)19-16(21)10-3-2-9(17)4-12(10)18/h2-6H,7H2,1H3,(H,19,21). The molecule has 0 aromatic heterocycles.